The molecule has 13 heteroatoms. The quantitative estimate of drug-likeness (QED) is 0.663. The zero-order valence-corrected chi connectivity index (χ0v) is 18.1. The second-order valence-corrected chi connectivity index (χ2v) is 9.87. The summed E-state index contributed by atoms with van der Waals surface area (Å²) in [5.41, 5.74) is -2.12. The lowest BCUT2D eigenvalue weighted by Gasteiger charge is -2.18. The molecular weight excluding hydrogens is 471 g/mol. The third kappa shape index (κ3) is 4.46. The Hall–Kier alpha value is -2.62. The number of nitrogens with zero attached hydrogens (tertiary/aromatic N) is 3. The zero-order chi connectivity index (χ0) is 22.4. The minimum absolute atomic E-state index is 0. The average Bonchev–Trinajstić information content (AvgIpc) is 3.15. The average molecular weight is 490 g/mol. The first-order valence-electron chi connectivity index (χ1n) is 9.48. The molecule has 2 aromatic rings. The molecule has 0 bridgehead atoms. The normalized spacial score (nSPS) is 21.9. The summed E-state index contributed by atoms with van der Waals surface area (Å²) in [6.07, 6.45) is -1.22. The van der Waals surface area contributed by atoms with Crippen LogP contribution in [-0.4, -0.2) is 47.5 Å². The van der Waals surface area contributed by atoms with Gasteiger partial charge in [-0.2, -0.15) is 23.5 Å². The van der Waals surface area contributed by atoms with Crippen molar-refractivity contribution in [1.29, 1.82) is 5.26 Å². The minimum atomic E-state index is -4.90. The van der Waals surface area contributed by atoms with Crippen molar-refractivity contribution in [1.82, 2.24) is 20.4 Å². The smallest absolute Gasteiger partial charge is 0.336 e. The molecule has 1 saturated carbocycles. The molecule has 2 aliphatic rings. The summed E-state index contributed by atoms with van der Waals surface area (Å²) in [5.74, 6) is -0.526. The van der Waals surface area contributed by atoms with E-state index in [2.05, 4.69) is 15.7 Å². The van der Waals surface area contributed by atoms with Gasteiger partial charge in [0.15, 0.2) is 9.84 Å². The van der Waals surface area contributed by atoms with Crippen LogP contribution in [0.4, 0.5) is 13.2 Å². The van der Waals surface area contributed by atoms with Crippen molar-refractivity contribution in [3.05, 3.63) is 42.2 Å². The molecule has 8 nitrogen and oxygen atoms in total. The van der Waals surface area contributed by atoms with Gasteiger partial charge in [0.05, 0.1) is 33.5 Å². The number of aromatic nitrogens is 2. The van der Waals surface area contributed by atoms with Crippen LogP contribution in [-0.2, 0) is 20.8 Å². The topological polar surface area (TPSA) is 117 Å². The predicted octanol–water partition coefficient (Wildman–Crippen LogP) is 1.99. The maximum Gasteiger partial charge on any atom is 0.417 e. The highest BCUT2D eigenvalue weighted by Gasteiger charge is 2.48. The van der Waals surface area contributed by atoms with Crippen LogP contribution < -0.4 is 10.6 Å². The minimum Gasteiger partial charge on any atom is -0.336 e. The summed E-state index contributed by atoms with van der Waals surface area (Å²) < 4.78 is 68.5. The Kier molecular flexibility index (Phi) is 6.29. The number of carbonyl (C=O) groups is 1. The van der Waals surface area contributed by atoms with Gasteiger partial charge in [-0.3, -0.25) is 4.79 Å². The summed E-state index contributed by atoms with van der Waals surface area (Å²) in [4.78, 5) is 11.5. The number of halogens is 4. The standard InChI is InChI=1S/C19H18F3N5O3S.ClH/c20-19(21,22)14-8-12(27-7-1-6-25-27)2-3-16(14)31(29,30)13-9-15(24-10-13)17(28)26-18(11-23)4-5-18;/h1-3,6-8,13,15,24H,4-5,9-10H2,(H,26,28);1H/t13-,15+;/m1./s1. The monoisotopic (exact) mass is 489 g/mol. The van der Waals surface area contributed by atoms with Gasteiger partial charge in [0, 0.05) is 18.9 Å². The number of benzene rings is 1. The number of nitrogens with one attached hydrogen (secondary N) is 2. The maximum atomic E-state index is 13.7. The largest absolute Gasteiger partial charge is 0.417 e. The Morgan fingerprint density at radius 2 is 2.06 bits per heavy atom. The van der Waals surface area contributed by atoms with E-state index in [4.69, 9.17) is 5.26 Å². The maximum absolute atomic E-state index is 13.7. The summed E-state index contributed by atoms with van der Waals surface area (Å²) in [5, 5.41) is 17.1. The molecule has 1 aliphatic carbocycles. The number of hydrogen-bond donors (Lipinski definition) is 2. The molecule has 2 heterocycles. The van der Waals surface area contributed by atoms with Gasteiger partial charge in [-0.15, -0.1) is 12.4 Å². The Bertz CT molecular complexity index is 1160. The van der Waals surface area contributed by atoms with Crippen LogP contribution in [0.2, 0.25) is 0 Å². The molecule has 1 aromatic heterocycles. The van der Waals surface area contributed by atoms with Crippen LogP contribution in [0.25, 0.3) is 5.69 Å². The van der Waals surface area contributed by atoms with Crippen molar-refractivity contribution < 1.29 is 26.4 Å². The molecule has 2 atom stereocenters. The molecule has 2 fully saturated rings. The first-order chi connectivity index (χ1) is 14.6. The Labute approximate surface area is 188 Å². The highest BCUT2D eigenvalue weighted by molar-refractivity contribution is 7.92. The third-order valence-electron chi connectivity index (χ3n) is 5.52. The molecule has 172 valence electrons. The van der Waals surface area contributed by atoms with E-state index in [9.17, 15) is 26.4 Å². The van der Waals surface area contributed by atoms with E-state index >= 15 is 0 Å². The Morgan fingerprint density at radius 3 is 2.62 bits per heavy atom. The van der Waals surface area contributed by atoms with E-state index in [1.54, 1.807) is 0 Å². The molecule has 1 saturated heterocycles. The zero-order valence-electron chi connectivity index (χ0n) is 16.5. The molecule has 0 radical (unpaired) electrons. The van der Waals surface area contributed by atoms with E-state index in [-0.39, 0.29) is 31.1 Å². The van der Waals surface area contributed by atoms with Gasteiger partial charge >= 0.3 is 6.18 Å². The summed E-state index contributed by atoms with van der Waals surface area (Å²) in [6.45, 7) is -0.168. The number of nitriles is 1. The van der Waals surface area contributed by atoms with Crippen molar-refractivity contribution in [3.63, 3.8) is 0 Å². The molecule has 1 aliphatic heterocycles. The lowest BCUT2D eigenvalue weighted by Crippen LogP contribution is -2.45. The van der Waals surface area contributed by atoms with E-state index in [1.807, 2.05) is 6.07 Å². The van der Waals surface area contributed by atoms with E-state index < -0.39 is 49.2 Å². The summed E-state index contributed by atoms with van der Waals surface area (Å²) >= 11 is 0. The fraction of sp³-hybridized carbons (Fsp3) is 0.421. The number of hydrogen-bond acceptors (Lipinski definition) is 6. The highest BCUT2D eigenvalue weighted by Crippen LogP contribution is 2.38. The summed E-state index contributed by atoms with van der Waals surface area (Å²) in [7, 11) is -4.40. The number of rotatable bonds is 5. The molecule has 0 unspecified atom stereocenters. The van der Waals surface area contributed by atoms with E-state index in [0.717, 1.165) is 12.1 Å². The van der Waals surface area contributed by atoms with Crippen LogP contribution in [0, 0.1) is 11.3 Å². The number of carbonyl (C=O) groups excluding carboxylic acids is 1. The molecule has 0 spiro atoms. The van der Waals surface area contributed by atoms with Crippen molar-refractivity contribution in [3.8, 4) is 11.8 Å². The van der Waals surface area contributed by atoms with Crippen molar-refractivity contribution in [2.24, 2.45) is 0 Å². The number of alkyl halides is 3. The second kappa shape index (κ2) is 8.38. The number of sulfone groups is 1. The van der Waals surface area contributed by atoms with E-state index in [1.165, 1.54) is 29.2 Å². The van der Waals surface area contributed by atoms with Crippen LogP contribution in [0.5, 0.6) is 0 Å². The lowest BCUT2D eigenvalue weighted by atomic mass is 10.2. The van der Waals surface area contributed by atoms with Gasteiger partial charge in [0.1, 0.15) is 5.54 Å². The van der Waals surface area contributed by atoms with Gasteiger partial charge in [0.2, 0.25) is 5.91 Å². The Balaban J connectivity index is 0.00000289. The van der Waals surface area contributed by atoms with Crippen molar-refractivity contribution in [2.75, 3.05) is 6.54 Å². The van der Waals surface area contributed by atoms with Gasteiger partial charge in [0.25, 0.3) is 0 Å². The Morgan fingerprint density at radius 1 is 1.34 bits per heavy atom. The highest BCUT2D eigenvalue weighted by atomic mass is 35.5. The molecule has 1 aromatic carbocycles. The van der Waals surface area contributed by atoms with Gasteiger partial charge in [-0.25, -0.2) is 13.1 Å². The van der Waals surface area contributed by atoms with Gasteiger partial charge in [-0.05, 0) is 43.5 Å². The lowest BCUT2D eigenvalue weighted by molar-refractivity contribution is -0.139. The molecule has 4 rings (SSSR count). The molecular formula is C19H19ClF3N5O3S. The van der Waals surface area contributed by atoms with E-state index in [0.29, 0.717) is 12.8 Å². The van der Waals surface area contributed by atoms with Crippen LogP contribution in [0.3, 0.4) is 0 Å². The first-order valence-corrected chi connectivity index (χ1v) is 11.0. The fourth-order valence-corrected chi connectivity index (χ4v) is 5.44. The van der Waals surface area contributed by atoms with Crippen LogP contribution in [0.1, 0.15) is 24.8 Å². The fourth-order valence-electron chi connectivity index (χ4n) is 3.58. The van der Waals surface area contributed by atoms with Gasteiger partial charge < -0.3 is 10.6 Å². The third-order valence-corrected chi connectivity index (χ3v) is 7.72. The van der Waals surface area contributed by atoms with Crippen molar-refractivity contribution >= 4 is 28.2 Å². The summed E-state index contributed by atoms with van der Waals surface area (Å²) in [6, 6.07) is 5.57. The molecule has 32 heavy (non-hydrogen) atoms. The number of amides is 1. The van der Waals surface area contributed by atoms with Gasteiger partial charge in [-0.1, -0.05) is 0 Å². The van der Waals surface area contributed by atoms with Crippen molar-refractivity contribution in [2.45, 2.75) is 47.2 Å². The molecule has 1 amide bonds. The first kappa shape index (κ1) is 24.0. The second-order valence-electron chi connectivity index (χ2n) is 7.68. The predicted molar refractivity (Wildman–Crippen MR) is 109 cm³/mol. The van der Waals surface area contributed by atoms with Crippen LogP contribution >= 0.6 is 12.4 Å². The molecule has 2 N–H and O–H groups in total. The SMILES string of the molecule is Cl.N#CC1(NC(=O)[C@@H]2C[C@@H](S(=O)(=O)c3ccc(-n4cccn4)cc3C(F)(F)F)CN2)CC1. The van der Waals surface area contributed by atoms with Crippen LogP contribution in [0.15, 0.2) is 41.6 Å².